The van der Waals surface area contributed by atoms with Crippen LogP contribution in [0.3, 0.4) is 0 Å². The molecular formula is C10H22N+. The fraction of sp³-hybridized carbons (Fsp3) is 1.00. The molecule has 1 nitrogen and oxygen atoms in total. The van der Waals surface area contributed by atoms with E-state index < -0.39 is 0 Å². The second-order valence-corrected chi connectivity index (χ2v) is 4.24. The zero-order valence-electron chi connectivity index (χ0n) is 8.27. The minimum atomic E-state index is 0.871. The highest BCUT2D eigenvalue weighted by Gasteiger charge is 2.29. The van der Waals surface area contributed by atoms with Gasteiger partial charge in [0, 0.05) is 0 Å². The zero-order valence-corrected chi connectivity index (χ0v) is 8.27. The Morgan fingerprint density at radius 1 is 1.18 bits per heavy atom. The Labute approximate surface area is 71.0 Å². The van der Waals surface area contributed by atoms with E-state index in [2.05, 4.69) is 20.9 Å². The van der Waals surface area contributed by atoms with Gasteiger partial charge >= 0.3 is 0 Å². The Bertz CT molecular complexity index is 114. The molecule has 0 N–H and O–H groups in total. The van der Waals surface area contributed by atoms with Crippen molar-refractivity contribution in [3.8, 4) is 0 Å². The van der Waals surface area contributed by atoms with Gasteiger partial charge in [0.05, 0.1) is 26.2 Å². The summed E-state index contributed by atoms with van der Waals surface area (Å²) < 4.78 is 1.33. The third-order valence-corrected chi connectivity index (χ3v) is 3.49. The Morgan fingerprint density at radius 3 is 2.18 bits per heavy atom. The summed E-state index contributed by atoms with van der Waals surface area (Å²) in [5, 5.41) is 0. The molecule has 0 aromatic carbocycles. The first-order chi connectivity index (χ1) is 5.19. The Hall–Kier alpha value is -0.0400. The first-order valence-corrected chi connectivity index (χ1v) is 5.03. The molecule has 0 amide bonds. The third-order valence-electron chi connectivity index (χ3n) is 3.49. The van der Waals surface area contributed by atoms with Crippen LogP contribution in [-0.2, 0) is 0 Å². The van der Waals surface area contributed by atoms with E-state index in [-0.39, 0.29) is 0 Å². The number of likely N-dealkylation sites (tertiary alicyclic amines) is 1. The molecule has 11 heavy (non-hydrogen) atoms. The van der Waals surface area contributed by atoms with Crippen LogP contribution in [0.5, 0.6) is 0 Å². The molecule has 1 saturated heterocycles. The molecule has 0 aliphatic carbocycles. The van der Waals surface area contributed by atoms with Gasteiger partial charge < -0.3 is 4.48 Å². The van der Waals surface area contributed by atoms with Gasteiger partial charge in [-0.15, -0.1) is 0 Å². The van der Waals surface area contributed by atoms with Gasteiger partial charge in [0.2, 0.25) is 0 Å². The van der Waals surface area contributed by atoms with E-state index in [1.807, 2.05) is 0 Å². The highest BCUT2D eigenvalue weighted by atomic mass is 15.4. The summed E-state index contributed by atoms with van der Waals surface area (Å²) in [6.45, 7) is 7.53. The maximum Gasteiger partial charge on any atom is 0.0857 e. The molecule has 1 aliphatic heterocycles. The van der Waals surface area contributed by atoms with Crippen molar-refractivity contribution in [3.05, 3.63) is 0 Å². The van der Waals surface area contributed by atoms with Crippen molar-refractivity contribution < 1.29 is 4.48 Å². The molecule has 0 spiro atoms. The third kappa shape index (κ3) is 1.96. The molecule has 0 radical (unpaired) electrons. The fourth-order valence-corrected chi connectivity index (χ4v) is 2.12. The summed E-state index contributed by atoms with van der Waals surface area (Å²) >= 11 is 0. The van der Waals surface area contributed by atoms with E-state index in [9.17, 15) is 0 Å². The van der Waals surface area contributed by atoms with Gasteiger partial charge in [0.15, 0.2) is 0 Å². The van der Waals surface area contributed by atoms with Gasteiger partial charge in [-0.05, 0) is 32.6 Å². The number of piperidine rings is 1. The first-order valence-electron chi connectivity index (χ1n) is 5.03. The quantitative estimate of drug-likeness (QED) is 0.539. The summed E-state index contributed by atoms with van der Waals surface area (Å²) in [6.07, 6.45) is 5.68. The highest BCUT2D eigenvalue weighted by Crippen LogP contribution is 2.21. The lowest BCUT2D eigenvalue weighted by Gasteiger charge is -2.42. The van der Waals surface area contributed by atoms with Crippen LogP contribution in [0, 0.1) is 0 Å². The van der Waals surface area contributed by atoms with Gasteiger partial charge in [0.25, 0.3) is 0 Å². The van der Waals surface area contributed by atoms with E-state index >= 15 is 0 Å². The average molecular weight is 156 g/mol. The molecule has 1 rings (SSSR count). The minimum absolute atomic E-state index is 0.871. The number of hydrogen-bond acceptors (Lipinski definition) is 0. The fourth-order valence-electron chi connectivity index (χ4n) is 2.12. The van der Waals surface area contributed by atoms with Crippen LogP contribution in [0.15, 0.2) is 0 Å². The van der Waals surface area contributed by atoms with Crippen molar-refractivity contribution in [2.24, 2.45) is 0 Å². The van der Waals surface area contributed by atoms with Crippen LogP contribution in [0.4, 0.5) is 0 Å². The molecule has 1 heterocycles. The minimum Gasteiger partial charge on any atom is -0.324 e. The molecule has 1 aliphatic rings. The Balaban J connectivity index is 2.49. The number of rotatable bonds is 2. The molecule has 0 saturated carbocycles. The molecule has 1 heteroatoms. The summed E-state index contributed by atoms with van der Waals surface area (Å²) in [5.41, 5.74) is 0. The van der Waals surface area contributed by atoms with E-state index in [0.717, 1.165) is 6.04 Å². The predicted molar refractivity (Wildman–Crippen MR) is 49.5 cm³/mol. The Kier molecular flexibility index (Phi) is 2.94. The number of nitrogens with zero attached hydrogens (tertiary/aromatic N) is 1. The standard InChI is InChI=1S/C10H22N/c1-4-10(2)11(3)8-6-5-7-9-11/h10H,4-9H2,1-3H3/q+1. The van der Waals surface area contributed by atoms with Gasteiger partial charge in [-0.3, -0.25) is 0 Å². The van der Waals surface area contributed by atoms with E-state index in [1.165, 1.54) is 43.3 Å². The van der Waals surface area contributed by atoms with Crippen molar-refractivity contribution in [2.75, 3.05) is 20.1 Å². The summed E-state index contributed by atoms with van der Waals surface area (Å²) in [5.74, 6) is 0. The van der Waals surface area contributed by atoms with Crippen molar-refractivity contribution in [3.63, 3.8) is 0 Å². The van der Waals surface area contributed by atoms with Crippen molar-refractivity contribution in [2.45, 2.75) is 45.6 Å². The highest BCUT2D eigenvalue weighted by molar-refractivity contribution is 4.56. The van der Waals surface area contributed by atoms with Crippen LogP contribution in [0.1, 0.15) is 39.5 Å². The molecule has 1 fully saturated rings. The van der Waals surface area contributed by atoms with Crippen molar-refractivity contribution in [1.29, 1.82) is 0 Å². The van der Waals surface area contributed by atoms with Gasteiger partial charge in [-0.1, -0.05) is 6.92 Å². The monoisotopic (exact) mass is 156 g/mol. The molecule has 0 aromatic heterocycles. The van der Waals surface area contributed by atoms with Crippen LogP contribution in [0.2, 0.25) is 0 Å². The normalized spacial score (nSPS) is 26.5. The number of quaternary nitrogens is 1. The van der Waals surface area contributed by atoms with Gasteiger partial charge in [-0.2, -0.15) is 0 Å². The largest absolute Gasteiger partial charge is 0.324 e. The maximum absolute atomic E-state index is 2.42. The lowest BCUT2D eigenvalue weighted by Crippen LogP contribution is -2.53. The van der Waals surface area contributed by atoms with E-state index in [1.54, 1.807) is 0 Å². The van der Waals surface area contributed by atoms with Crippen molar-refractivity contribution >= 4 is 0 Å². The smallest absolute Gasteiger partial charge is 0.0857 e. The SMILES string of the molecule is CCC(C)[N+]1(C)CCCCC1. The molecule has 1 atom stereocenters. The van der Waals surface area contributed by atoms with Crippen LogP contribution < -0.4 is 0 Å². The zero-order chi connectivity index (χ0) is 8.32. The summed E-state index contributed by atoms with van der Waals surface area (Å²) in [4.78, 5) is 0. The van der Waals surface area contributed by atoms with Crippen LogP contribution in [0.25, 0.3) is 0 Å². The topological polar surface area (TPSA) is 0 Å². The Morgan fingerprint density at radius 2 is 1.73 bits per heavy atom. The second-order valence-electron chi connectivity index (χ2n) is 4.24. The predicted octanol–water partition coefficient (Wildman–Crippen LogP) is 2.42. The first kappa shape index (κ1) is 9.05. The average Bonchev–Trinajstić information content (AvgIpc) is 2.04. The number of hydrogen-bond donors (Lipinski definition) is 0. The van der Waals surface area contributed by atoms with E-state index in [0.29, 0.717) is 0 Å². The molecule has 0 bridgehead atoms. The second kappa shape index (κ2) is 3.57. The van der Waals surface area contributed by atoms with Crippen LogP contribution in [-0.4, -0.2) is 30.7 Å². The van der Waals surface area contributed by atoms with Gasteiger partial charge in [-0.25, -0.2) is 0 Å². The van der Waals surface area contributed by atoms with Gasteiger partial charge in [0.1, 0.15) is 0 Å². The van der Waals surface area contributed by atoms with Crippen LogP contribution >= 0.6 is 0 Å². The van der Waals surface area contributed by atoms with E-state index in [4.69, 9.17) is 0 Å². The molecular weight excluding hydrogens is 134 g/mol. The molecule has 1 unspecified atom stereocenters. The molecule has 66 valence electrons. The summed E-state index contributed by atoms with van der Waals surface area (Å²) in [7, 11) is 2.42. The van der Waals surface area contributed by atoms with Crippen molar-refractivity contribution in [1.82, 2.24) is 0 Å². The molecule has 0 aromatic rings. The lowest BCUT2D eigenvalue weighted by atomic mass is 10.0. The maximum atomic E-state index is 2.42. The lowest BCUT2D eigenvalue weighted by molar-refractivity contribution is -0.936. The summed E-state index contributed by atoms with van der Waals surface area (Å²) in [6, 6.07) is 0.871.